The lowest BCUT2D eigenvalue weighted by atomic mass is 9.97. The number of nitrogens with one attached hydrogen (secondary N) is 1. The van der Waals surface area contributed by atoms with Crippen LogP contribution in [0.5, 0.6) is 5.75 Å². The molecule has 33 heavy (non-hydrogen) atoms. The molecule has 0 aliphatic rings. The molecule has 0 atom stereocenters. The summed E-state index contributed by atoms with van der Waals surface area (Å²) in [6.07, 6.45) is -2.47. The van der Waals surface area contributed by atoms with Crippen molar-refractivity contribution in [3.63, 3.8) is 0 Å². The highest BCUT2D eigenvalue weighted by Gasteiger charge is 2.31. The number of anilines is 2. The number of amides is 1. The van der Waals surface area contributed by atoms with Gasteiger partial charge in [0.2, 0.25) is 0 Å². The van der Waals surface area contributed by atoms with E-state index in [9.17, 15) is 18.0 Å². The zero-order valence-corrected chi connectivity index (χ0v) is 20.1. The van der Waals surface area contributed by atoms with Crippen molar-refractivity contribution in [2.75, 3.05) is 17.3 Å². The molecular formula is C25H31F3N2O3. The third kappa shape index (κ3) is 8.04. The number of hydrogen-bond donors (Lipinski definition) is 1. The second kappa shape index (κ2) is 10.2. The Kier molecular flexibility index (Phi) is 8.06. The average molecular weight is 465 g/mol. The lowest BCUT2D eigenvalue weighted by molar-refractivity contribution is -0.274. The first-order chi connectivity index (χ1) is 15.2. The van der Waals surface area contributed by atoms with Crippen molar-refractivity contribution < 1.29 is 27.4 Å². The summed E-state index contributed by atoms with van der Waals surface area (Å²) in [5.41, 5.74) is 4.18. The predicted octanol–water partition coefficient (Wildman–Crippen LogP) is 7.66. The van der Waals surface area contributed by atoms with Gasteiger partial charge in [0.25, 0.3) is 0 Å². The number of halogens is 3. The van der Waals surface area contributed by atoms with Gasteiger partial charge in [0.15, 0.2) is 0 Å². The van der Waals surface area contributed by atoms with E-state index in [0.29, 0.717) is 11.3 Å². The smallest absolute Gasteiger partial charge is 0.444 e. The predicted molar refractivity (Wildman–Crippen MR) is 126 cm³/mol. The molecule has 0 aliphatic heterocycles. The molecular weight excluding hydrogens is 433 g/mol. The lowest BCUT2D eigenvalue weighted by Crippen LogP contribution is -2.27. The van der Waals surface area contributed by atoms with Gasteiger partial charge < -0.3 is 14.4 Å². The molecule has 180 valence electrons. The minimum atomic E-state index is -4.76. The second-order valence-corrected chi connectivity index (χ2v) is 8.81. The maximum atomic E-state index is 12.5. The Balaban J connectivity index is 2.52. The number of ether oxygens (including phenoxy) is 2. The highest BCUT2D eigenvalue weighted by atomic mass is 19.4. The summed E-state index contributed by atoms with van der Waals surface area (Å²) in [5.74, 6) is -0.300. The van der Waals surface area contributed by atoms with Crippen molar-refractivity contribution in [3.05, 3.63) is 53.7 Å². The molecule has 2 aromatic rings. The Bertz CT molecular complexity index is 1010. The Morgan fingerprint density at radius 3 is 2.24 bits per heavy atom. The normalized spacial score (nSPS) is 12.4. The summed E-state index contributed by atoms with van der Waals surface area (Å²) >= 11 is 0. The molecule has 0 unspecified atom stereocenters. The summed E-state index contributed by atoms with van der Waals surface area (Å²) in [4.78, 5) is 14.3. The number of nitrogens with zero attached hydrogens (tertiary/aromatic N) is 1. The van der Waals surface area contributed by atoms with Gasteiger partial charge in [-0.3, -0.25) is 5.32 Å². The van der Waals surface area contributed by atoms with Crippen LogP contribution < -0.4 is 15.0 Å². The van der Waals surface area contributed by atoms with E-state index in [1.54, 1.807) is 39.0 Å². The van der Waals surface area contributed by atoms with Gasteiger partial charge in [0.1, 0.15) is 11.4 Å². The molecule has 1 N–H and O–H groups in total. The van der Waals surface area contributed by atoms with Crippen LogP contribution in [0.15, 0.2) is 48.2 Å². The Hall–Kier alpha value is -3.16. The van der Waals surface area contributed by atoms with Gasteiger partial charge in [0, 0.05) is 24.6 Å². The van der Waals surface area contributed by atoms with Crippen molar-refractivity contribution in [2.45, 2.75) is 59.9 Å². The number of carbonyl (C=O) groups excluding carboxylic acids is 1. The van der Waals surface area contributed by atoms with Gasteiger partial charge in [-0.1, -0.05) is 24.6 Å². The van der Waals surface area contributed by atoms with Gasteiger partial charge in [-0.15, -0.1) is 13.2 Å². The SMILES string of the molecule is CC/C(C)=C/N(C)c1cc(NC(=O)OC(C)(C)C)cc(-c2ccc(OC(F)(F)F)cc2)c1C. The van der Waals surface area contributed by atoms with Crippen LogP contribution in [0, 0.1) is 6.92 Å². The first-order valence-corrected chi connectivity index (χ1v) is 10.6. The summed E-state index contributed by atoms with van der Waals surface area (Å²) in [6.45, 7) is 11.3. The van der Waals surface area contributed by atoms with Gasteiger partial charge in [-0.25, -0.2) is 4.79 Å². The van der Waals surface area contributed by atoms with E-state index >= 15 is 0 Å². The van der Waals surface area contributed by atoms with Crippen molar-refractivity contribution in [1.82, 2.24) is 0 Å². The molecule has 0 saturated heterocycles. The number of rotatable bonds is 6. The Morgan fingerprint density at radius 1 is 1.12 bits per heavy atom. The Labute approximate surface area is 193 Å². The van der Waals surface area contributed by atoms with Gasteiger partial charge in [-0.2, -0.15) is 0 Å². The highest BCUT2D eigenvalue weighted by molar-refractivity contribution is 5.89. The van der Waals surface area contributed by atoms with E-state index in [1.165, 1.54) is 12.1 Å². The molecule has 8 heteroatoms. The number of hydrogen-bond acceptors (Lipinski definition) is 4. The lowest BCUT2D eigenvalue weighted by Gasteiger charge is -2.24. The Morgan fingerprint density at radius 2 is 1.73 bits per heavy atom. The van der Waals surface area contributed by atoms with Crippen LogP contribution in [0.4, 0.5) is 29.3 Å². The van der Waals surface area contributed by atoms with Gasteiger partial charge in [-0.05, 0) is 82.0 Å². The molecule has 0 radical (unpaired) electrons. The standard InChI is InChI=1S/C25H31F3N2O3/c1-8-16(2)15-30(7)22-14-19(29-23(31)33-24(4,5)6)13-21(17(22)3)18-9-11-20(12-10-18)32-25(26,27)28/h9-15H,8H2,1-7H3,(H,29,31)/b16-15+. The van der Waals surface area contributed by atoms with Crippen molar-refractivity contribution in [2.24, 2.45) is 0 Å². The maximum Gasteiger partial charge on any atom is 0.573 e. The number of allylic oxidation sites excluding steroid dienone is 1. The minimum Gasteiger partial charge on any atom is -0.444 e. The van der Waals surface area contributed by atoms with Crippen LogP contribution in [-0.2, 0) is 4.74 Å². The van der Waals surface area contributed by atoms with E-state index in [1.807, 2.05) is 38.1 Å². The van der Waals surface area contributed by atoms with E-state index in [-0.39, 0.29) is 5.75 Å². The molecule has 0 spiro atoms. The number of carbonyl (C=O) groups is 1. The molecule has 0 heterocycles. The first-order valence-electron chi connectivity index (χ1n) is 10.6. The zero-order chi connectivity index (χ0) is 25.0. The number of benzene rings is 2. The summed E-state index contributed by atoms with van der Waals surface area (Å²) in [5, 5.41) is 2.76. The van der Waals surface area contributed by atoms with Crippen LogP contribution in [0.25, 0.3) is 11.1 Å². The van der Waals surface area contributed by atoms with Gasteiger partial charge in [0.05, 0.1) is 0 Å². The van der Waals surface area contributed by atoms with Crippen LogP contribution in [0.1, 0.15) is 46.6 Å². The van der Waals surface area contributed by atoms with Gasteiger partial charge >= 0.3 is 12.5 Å². The van der Waals surface area contributed by atoms with Crippen LogP contribution in [-0.4, -0.2) is 25.1 Å². The van der Waals surface area contributed by atoms with Crippen LogP contribution in [0.3, 0.4) is 0 Å². The third-order valence-corrected chi connectivity index (χ3v) is 4.78. The molecule has 0 fully saturated rings. The molecule has 2 aromatic carbocycles. The first kappa shape index (κ1) is 26.1. The van der Waals surface area contributed by atoms with E-state index in [0.717, 1.165) is 28.8 Å². The average Bonchev–Trinajstić information content (AvgIpc) is 2.67. The topological polar surface area (TPSA) is 50.8 Å². The highest BCUT2D eigenvalue weighted by Crippen LogP contribution is 2.36. The number of alkyl halides is 3. The van der Waals surface area contributed by atoms with Crippen molar-refractivity contribution in [3.8, 4) is 16.9 Å². The summed E-state index contributed by atoms with van der Waals surface area (Å²) in [6, 6.07) is 9.24. The molecule has 0 aliphatic carbocycles. The quantitative estimate of drug-likeness (QED) is 0.477. The van der Waals surface area contributed by atoms with Crippen LogP contribution in [0.2, 0.25) is 0 Å². The van der Waals surface area contributed by atoms with E-state index in [2.05, 4.69) is 17.0 Å². The zero-order valence-electron chi connectivity index (χ0n) is 20.1. The maximum absolute atomic E-state index is 12.5. The fourth-order valence-electron chi connectivity index (χ4n) is 3.19. The molecule has 0 bridgehead atoms. The van der Waals surface area contributed by atoms with E-state index in [4.69, 9.17) is 4.74 Å². The molecule has 1 amide bonds. The van der Waals surface area contributed by atoms with Crippen molar-refractivity contribution in [1.29, 1.82) is 0 Å². The van der Waals surface area contributed by atoms with Crippen molar-refractivity contribution >= 4 is 17.5 Å². The molecule has 0 saturated carbocycles. The fraction of sp³-hybridized carbons (Fsp3) is 0.400. The summed E-state index contributed by atoms with van der Waals surface area (Å²) < 4.78 is 46.9. The largest absolute Gasteiger partial charge is 0.573 e. The summed E-state index contributed by atoms with van der Waals surface area (Å²) in [7, 11) is 1.91. The fourth-order valence-corrected chi connectivity index (χ4v) is 3.19. The van der Waals surface area contributed by atoms with E-state index < -0.39 is 18.1 Å². The molecule has 5 nitrogen and oxygen atoms in total. The second-order valence-electron chi connectivity index (χ2n) is 8.81. The molecule has 2 rings (SSSR count). The third-order valence-electron chi connectivity index (χ3n) is 4.78. The monoisotopic (exact) mass is 464 g/mol. The minimum absolute atomic E-state index is 0.300. The van der Waals surface area contributed by atoms with Crippen LogP contribution >= 0.6 is 0 Å². The molecule has 0 aromatic heterocycles.